The van der Waals surface area contributed by atoms with Crippen LogP contribution in [0.1, 0.15) is 25.3 Å². The van der Waals surface area contributed by atoms with E-state index in [1.165, 1.54) is 12.0 Å². The van der Waals surface area contributed by atoms with Gasteiger partial charge in [-0.3, -0.25) is 4.99 Å². The number of ether oxygens (including phenoxy) is 1. The Morgan fingerprint density at radius 3 is 2.94 bits per heavy atom. The van der Waals surface area contributed by atoms with Crippen LogP contribution in [0.2, 0.25) is 0 Å². The molecule has 0 aliphatic carbocycles. The van der Waals surface area contributed by atoms with Crippen LogP contribution < -0.4 is 10.6 Å². The molecule has 0 spiro atoms. The molecule has 0 unspecified atom stereocenters. The van der Waals surface area contributed by atoms with Gasteiger partial charge in [-0.15, -0.1) is 0 Å². The Morgan fingerprint density at radius 2 is 2.28 bits per heavy atom. The summed E-state index contributed by atoms with van der Waals surface area (Å²) in [6.07, 6.45) is 2.31. The lowest BCUT2D eigenvalue weighted by molar-refractivity contribution is 0.136. The van der Waals surface area contributed by atoms with Crippen LogP contribution in [0.5, 0.6) is 0 Å². The molecule has 0 atom stereocenters. The zero-order chi connectivity index (χ0) is 13.1. The van der Waals surface area contributed by atoms with Crippen LogP contribution in [0.4, 0.5) is 0 Å². The number of hydrogen-bond donors (Lipinski definition) is 2. The van der Waals surface area contributed by atoms with E-state index in [1.54, 1.807) is 18.4 Å². The van der Waals surface area contributed by atoms with E-state index < -0.39 is 0 Å². The third kappa shape index (κ3) is 6.61. The van der Waals surface area contributed by atoms with Crippen LogP contribution >= 0.6 is 11.3 Å². The fraction of sp³-hybridized carbons (Fsp3) is 0.615. The van der Waals surface area contributed by atoms with Crippen molar-refractivity contribution in [2.75, 3.05) is 26.8 Å². The summed E-state index contributed by atoms with van der Waals surface area (Å²) < 4.78 is 5.48. The van der Waals surface area contributed by atoms with Gasteiger partial charge in [0.15, 0.2) is 5.96 Å². The molecule has 2 N–H and O–H groups in total. The van der Waals surface area contributed by atoms with Gasteiger partial charge in [0, 0.05) is 26.7 Å². The average molecular weight is 269 g/mol. The summed E-state index contributed by atoms with van der Waals surface area (Å²) in [7, 11) is 1.78. The van der Waals surface area contributed by atoms with E-state index in [4.69, 9.17) is 4.74 Å². The molecule has 18 heavy (non-hydrogen) atoms. The van der Waals surface area contributed by atoms with E-state index >= 15 is 0 Å². The quantitative estimate of drug-likeness (QED) is 0.432. The molecule has 1 heterocycles. The van der Waals surface area contributed by atoms with Crippen LogP contribution in [0.25, 0.3) is 0 Å². The molecule has 0 saturated carbocycles. The Bertz CT molecular complexity index is 325. The second-order valence-corrected chi connectivity index (χ2v) is 4.73. The van der Waals surface area contributed by atoms with Crippen LogP contribution in [0.15, 0.2) is 21.8 Å². The topological polar surface area (TPSA) is 45.6 Å². The number of thiophene rings is 1. The second-order valence-electron chi connectivity index (χ2n) is 3.95. The lowest BCUT2D eigenvalue weighted by Gasteiger charge is -2.11. The van der Waals surface area contributed by atoms with Gasteiger partial charge in [-0.1, -0.05) is 13.3 Å². The standard InChI is InChI=1S/C13H23N3OS/c1-3-4-7-17-8-6-15-13(14-2)16-10-12-5-9-18-11-12/h5,9,11H,3-4,6-8,10H2,1-2H3,(H2,14,15,16). The third-order valence-corrected chi connectivity index (χ3v) is 3.18. The number of nitrogens with one attached hydrogen (secondary N) is 2. The van der Waals surface area contributed by atoms with Gasteiger partial charge in [-0.05, 0) is 28.8 Å². The first-order chi connectivity index (χ1) is 8.86. The van der Waals surface area contributed by atoms with Crippen LogP contribution in [-0.2, 0) is 11.3 Å². The largest absolute Gasteiger partial charge is 0.380 e. The Hall–Kier alpha value is -1.07. The molecule has 0 aliphatic heterocycles. The molecular formula is C13H23N3OS. The molecule has 0 fully saturated rings. The SMILES string of the molecule is CCCCOCCNC(=NC)NCc1ccsc1. The number of aliphatic imine (C=N–C) groups is 1. The highest BCUT2D eigenvalue weighted by Crippen LogP contribution is 2.04. The molecule has 0 amide bonds. The van der Waals surface area contributed by atoms with Gasteiger partial charge < -0.3 is 15.4 Å². The van der Waals surface area contributed by atoms with Crippen molar-refractivity contribution in [3.05, 3.63) is 22.4 Å². The van der Waals surface area contributed by atoms with Gasteiger partial charge >= 0.3 is 0 Å². The van der Waals surface area contributed by atoms with E-state index in [0.29, 0.717) is 0 Å². The van der Waals surface area contributed by atoms with Crippen molar-refractivity contribution in [3.8, 4) is 0 Å². The minimum absolute atomic E-state index is 0.721. The van der Waals surface area contributed by atoms with E-state index in [0.717, 1.165) is 38.7 Å². The fourth-order valence-corrected chi connectivity index (χ4v) is 2.06. The predicted molar refractivity (Wildman–Crippen MR) is 78.2 cm³/mol. The smallest absolute Gasteiger partial charge is 0.191 e. The lowest BCUT2D eigenvalue weighted by Crippen LogP contribution is -2.38. The van der Waals surface area contributed by atoms with Crippen molar-refractivity contribution in [1.82, 2.24) is 10.6 Å². The summed E-state index contributed by atoms with van der Waals surface area (Å²) in [4.78, 5) is 4.16. The number of guanidine groups is 1. The monoisotopic (exact) mass is 269 g/mol. The molecular weight excluding hydrogens is 246 g/mol. The summed E-state index contributed by atoms with van der Waals surface area (Å²) in [5.41, 5.74) is 1.28. The van der Waals surface area contributed by atoms with Gasteiger partial charge in [0.2, 0.25) is 0 Å². The molecule has 0 bridgehead atoms. The lowest BCUT2D eigenvalue weighted by atomic mass is 10.3. The Balaban J connectivity index is 2.07. The minimum Gasteiger partial charge on any atom is -0.380 e. The maximum atomic E-state index is 5.48. The summed E-state index contributed by atoms with van der Waals surface area (Å²) in [6, 6.07) is 2.11. The Labute approximate surface area is 113 Å². The molecule has 0 saturated heterocycles. The zero-order valence-electron chi connectivity index (χ0n) is 11.2. The van der Waals surface area contributed by atoms with Crippen molar-refractivity contribution >= 4 is 17.3 Å². The van der Waals surface area contributed by atoms with Crippen LogP contribution in [0, 0.1) is 0 Å². The first-order valence-electron chi connectivity index (χ1n) is 6.40. The van der Waals surface area contributed by atoms with E-state index in [9.17, 15) is 0 Å². The molecule has 0 aliphatic rings. The first-order valence-corrected chi connectivity index (χ1v) is 7.34. The zero-order valence-corrected chi connectivity index (χ0v) is 12.1. The molecule has 0 radical (unpaired) electrons. The molecule has 4 nitrogen and oxygen atoms in total. The van der Waals surface area contributed by atoms with Crippen molar-refractivity contribution in [1.29, 1.82) is 0 Å². The summed E-state index contributed by atoms with van der Waals surface area (Å²) in [5.74, 6) is 0.820. The highest BCUT2D eigenvalue weighted by Gasteiger charge is 1.97. The number of nitrogens with zero attached hydrogens (tertiary/aromatic N) is 1. The van der Waals surface area contributed by atoms with Gasteiger partial charge in [-0.25, -0.2) is 0 Å². The minimum atomic E-state index is 0.721. The molecule has 1 aromatic rings. The van der Waals surface area contributed by atoms with E-state index in [2.05, 4.69) is 39.4 Å². The number of hydrogen-bond acceptors (Lipinski definition) is 3. The number of rotatable bonds is 8. The summed E-state index contributed by atoms with van der Waals surface area (Å²) in [6.45, 7) is 5.32. The van der Waals surface area contributed by atoms with Crippen LogP contribution in [-0.4, -0.2) is 32.8 Å². The Kier molecular flexibility index (Phi) is 8.25. The van der Waals surface area contributed by atoms with Crippen LogP contribution in [0.3, 0.4) is 0 Å². The van der Waals surface area contributed by atoms with Crippen molar-refractivity contribution in [2.24, 2.45) is 4.99 Å². The van der Waals surface area contributed by atoms with Gasteiger partial charge in [0.05, 0.1) is 6.61 Å². The summed E-state index contributed by atoms with van der Waals surface area (Å²) >= 11 is 1.71. The normalized spacial score (nSPS) is 11.6. The average Bonchev–Trinajstić information content (AvgIpc) is 2.90. The van der Waals surface area contributed by atoms with Crippen molar-refractivity contribution in [2.45, 2.75) is 26.3 Å². The third-order valence-electron chi connectivity index (χ3n) is 2.44. The van der Waals surface area contributed by atoms with Gasteiger partial charge in [0.1, 0.15) is 0 Å². The van der Waals surface area contributed by atoms with Gasteiger partial charge in [0.25, 0.3) is 0 Å². The van der Waals surface area contributed by atoms with Crippen molar-refractivity contribution in [3.63, 3.8) is 0 Å². The molecule has 1 aromatic heterocycles. The maximum Gasteiger partial charge on any atom is 0.191 e. The highest BCUT2D eigenvalue weighted by molar-refractivity contribution is 7.07. The van der Waals surface area contributed by atoms with E-state index in [1.807, 2.05) is 0 Å². The maximum absolute atomic E-state index is 5.48. The Morgan fingerprint density at radius 1 is 1.39 bits per heavy atom. The molecule has 1 rings (SSSR count). The predicted octanol–water partition coefficient (Wildman–Crippen LogP) is 2.23. The number of unbranched alkanes of at least 4 members (excludes halogenated alkanes) is 1. The fourth-order valence-electron chi connectivity index (χ4n) is 1.39. The van der Waals surface area contributed by atoms with Crippen molar-refractivity contribution < 1.29 is 4.74 Å². The second kappa shape index (κ2) is 9.91. The van der Waals surface area contributed by atoms with Gasteiger partial charge in [-0.2, -0.15) is 11.3 Å². The summed E-state index contributed by atoms with van der Waals surface area (Å²) in [5, 5.41) is 10.7. The molecule has 102 valence electrons. The molecule has 5 heteroatoms. The first kappa shape index (κ1) is 15.0. The molecule has 0 aromatic carbocycles. The highest BCUT2D eigenvalue weighted by atomic mass is 32.1. The van der Waals surface area contributed by atoms with E-state index in [-0.39, 0.29) is 0 Å².